The van der Waals surface area contributed by atoms with Crippen LogP contribution >= 0.6 is 0 Å². The summed E-state index contributed by atoms with van der Waals surface area (Å²) in [6, 6.07) is 1.86. The van der Waals surface area contributed by atoms with Crippen LogP contribution in [-0.2, 0) is 0 Å². The summed E-state index contributed by atoms with van der Waals surface area (Å²) in [4.78, 5) is 13.8. The van der Waals surface area contributed by atoms with Gasteiger partial charge in [-0.15, -0.1) is 0 Å². The Kier molecular flexibility index (Phi) is 3.50. The average molecular weight is 291 g/mol. The highest BCUT2D eigenvalue weighted by Crippen LogP contribution is 2.29. The molecule has 1 aliphatic heterocycles. The fourth-order valence-corrected chi connectivity index (χ4v) is 2.92. The standard InChI is InChI=1S/C14H18FN5O/c1-17-10-2-4-19(5-3-10)13-11(14(16)21)7-18-20-8-9(15)6-12(13)20/h6-8,10,17H,2-5H2,1H3,(H2,16,21). The van der Waals surface area contributed by atoms with Crippen molar-refractivity contribution in [2.24, 2.45) is 5.73 Å². The molecule has 1 amide bonds. The monoisotopic (exact) mass is 291 g/mol. The molecule has 0 aromatic carbocycles. The van der Waals surface area contributed by atoms with E-state index in [1.807, 2.05) is 7.05 Å². The minimum absolute atomic E-state index is 0.337. The van der Waals surface area contributed by atoms with Gasteiger partial charge in [0.1, 0.15) is 5.82 Å². The first-order valence-electron chi connectivity index (χ1n) is 6.99. The summed E-state index contributed by atoms with van der Waals surface area (Å²) < 4.78 is 15.0. The van der Waals surface area contributed by atoms with Gasteiger partial charge in [-0.1, -0.05) is 0 Å². The Balaban J connectivity index is 2.06. The van der Waals surface area contributed by atoms with Gasteiger partial charge < -0.3 is 16.0 Å². The van der Waals surface area contributed by atoms with Crippen LogP contribution in [0.2, 0.25) is 0 Å². The first kappa shape index (κ1) is 13.8. The van der Waals surface area contributed by atoms with E-state index >= 15 is 0 Å². The van der Waals surface area contributed by atoms with E-state index < -0.39 is 5.91 Å². The molecule has 0 unspecified atom stereocenters. The Labute approximate surface area is 121 Å². The Morgan fingerprint density at radius 2 is 2.19 bits per heavy atom. The molecule has 3 rings (SSSR count). The van der Waals surface area contributed by atoms with Crippen molar-refractivity contribution in [1.29, 1.82) is 0 Å². The lowest BCUT2D eigenvalue weighted by atomic mass is 10.0. The highest BCUT2D eigenvalue weighted by Gasteiger charge is 2.24. The topological polar surface area (TPSA) is 75.7 Å². The Morgan fingerprint density at radius 3 is 2.81 bits per heavy atom. The molecule has 0 spiro atoms. The van der Waals surface area contributed by atoms with Crippen LogP contribution in [0.25, 0.3) is 5.52 Å². The van der Waals surface area contributed by atoms with E-state index in [9.17, 15) is 9.18 Å². The molecule has 2 aromatic heterocycles. The summed E-state index contributed by atoms with van der Waals surface area (Å²) in [5.74, 6) is -0.923. The van der Waals surface area contributed by atoms with E-state index in [-0.39, 0.29) is 5.82 Å². The number of halogens is 1. The number of hydrogen-bond donors (Lipinski definition) is 2. The van der Waals surface area contributed by atoms with E-state index in [4.69, 9.17) is 5.73 Å². The summed E-state index contributed by atoms with van der Waals surface area (Å²) in [6.07, 6.45) is 4.64. The van der Waals surface area contributed by atoms with Gasteiger partial charge in [-0.3, -0.25) is 4.79 Å². The Bertz CT molecular complexity index is 675. The maximum absolute atomic E-state index is 13.5. The number of carbonyl (C=O) groups is 1. The van der Waals surface area contributed by atoms with Gasteiger partial charge in [0.25, 0.3) is 5.91 Å². The van der Waals surface area contributed by atoms with Crippen molar-refractivity contribution in [3.05, 3.63) is 29.8 Å². The molecule has 1 fully saturated rings. The number of anilines is 1. The number of piperidine rings is 1. The van der Waals surface area contributed by atoms with Gasteiger partial charge >= 0.3 is 0 Å². The smallest absolute Gasteiger partial charge is 0.252 e. The van der Waals surface area contributed by atoms with Crippen LogP contribution in [0.3, 0.4) is 0 Å². The summed E-state index contributed by atoms with van der Waals surface area (Å²) in [6.45, 7) is 1.58. The summed E-state index contributed by atoms with van der Waals surface area (Å²) in [7, 11) is 1.95. The lowest BCUT2D eigenvalue weighted by Crippen LogP contribution is -2.42. The lowest BCUT2D eigenvalue weighted by molar-refractivity contribution is 0.1000. The van der Waals surface area contributed by atoms with E-state index in [2.05, 4.69) is 15.3 Å². The number of nitrogens with one attached hydrogen (secondary N) is 1. The number of aromatic nitrogens is 2. The quantitative estimate of drug-likeness (QED) is 0.875. The average Bonchev–Trinajstić information content (AvgIpc) is 2.86. The van der Waals surface area contributed by atoms with E-state index in [0.717, 1.165) is 25.9 Å². The Morgan fingerprint density at radius 1 is 1.48 bits per heavy atom. The minimum Gasteiger partial charge on any atom is -0.369 e. The highest BCUT2D eigenvalue weighted by molar-refractivity contribution is 6.02. The number of hydrogen-bond acceptors (Lipinski definition) is 4. The predicted octanol–water partition coefficient (Wildman–Crippen LogP) is 0.760. The molecule has 0 atom stereocenters. The SMILES string of the molecule is CNC1CCN(c2c(C(N)=O)cnn3cc(F)cc23)CC1. The Hall–Kier alpha value is -2.15. The van der Waals surface area contributed by atoms with E-state index in [0.29, 0.717) is 22.8 Å². The predicted molar refractivity (Wildman–Crippen MR) is 78.0 cm³/mol. The fourth-order valence-electron chi connectivity index (χ4n) is 2.92. The van der Waals surface area contributed by atoms with Crippen LogP contribution in [0.1, 0.15) is 23.2 Å². The molecule has 0 aliphatic carbocycles. The van der Waals surface area contributed by atoms with Crippen molar-refractivity contribution in [2.45, 2.75) is 18.9 Å². The molecule has 6 nitrogen and oxygen atoms in total. The molecule has 0 saturated carbocycles. The second-order valence-corrected chi connectivity index (χ2v) is 5.31. The molecular formula is C14H18FN5O. The third kappa shape index (κ3) is 2.44. The zero-order chi connectivity index (χ0) is 15.0. The molecule has 1 aliphatic rings. The molecule has 0 radical (unpaired) electrons. The summed E-state index contributed by atoms with van der Waals surface area (Å²) in [5.41, 5.74) is 7.04. The third-order valence-electron chi connectivity index (χ3n) is 4.06. The maximum atomic E-state index is 13.5. The maximum Gasteiger partial charge on any atom is 0.252 e. The minimum atomic E-state index is -0.544. The van der Waals surface area contributed by atoms with Crippen LogP contribution in [0, 0.1) is 5.82 Å². The number of primary amides is 1. The molecule has 3 heterocycles. The number of amides is 1. The summed E-state index contributed by atoms with van der Waals surface area (Å²) in [5, 5.41) is 7.31. The van der Waals surface area contributed by atoms with Crippen molar-refractivity contribution < 1.29 is 9.18 Å². The fraction of sp³-hybridized carbons (Fsp3) is 0.429. The van der Waals surface area contributed by atoms with Crippen molar-refractivity contribution >= 4 is 17.1 Å². The molecule has 1 saturated heterocycles. The van der Waals surface area contributed by atoms with Gasteiger partial charge in [-0.2, -0.15) is 5.10 Å². The van der Waals surface area contributed by atoms with Crippen LogP contribution in [0.5, 0.6) is 0 Å². The molecule has 0 bridgehead atoms. The van der Waals surface area contributed by atoms with Gasteiger partial charge in [-0.25, -0.2) is 8.91 Å². The van der Waals surface area contributed by atoms with Crippen molar-refractivity contribution in [2.75, 3.05) is 25.0 Å². The van der Waals surface area contributed by atoms with Crippen LogP contribution in [-0.4, -0.2) is 41.7 Å². The van der Waals surface area contributed by atoms with Gasteiger partial charge in [0.15, 0.2) is 0 Å². The second-order valence-electron chi connectivity index (χ2n) is 5.31. The van der Waals surface area contributed by atoms with Crippen LogP contribution in [0.15, 0.2) is 18.5 Å². The molecule has 7 heteroatoms. The zero-order valence-electron chi connectivity index (χ0n) is 11.8. The van der Waals surface area contributed by atoms with Gasteiger partial charge in [0.2, 0.25) is 0 Å². The second kappa shape index (κ2) is 5.33. The first-order chi connectivity index (χ1) is 10.1. The normalized spacial score (nSPS) is 16.6. The first-order valence-corrected chi connectivity index (χ1v) is 6.99. The van der Waals surface area contributed by atoms with Crippen molar-refractivity contribution in [3.63, 3.8) is 0 Å². The highest BCUT2D eigenvalue weighted by atomic mass is 19.1. The van der Waals surface area contributed by atoms with Crippen molar-refractivity contribution in [3.8, 4) is 0 Å². The number of nitrogens with two attached hydrogens (primary N) is 1. The number of fused-ring (bicyclic) bond motifs is 1. The largest absolute Gasteiger partial charge is 0.369 e. The number of rotatable bonds is 3. The third-order valence-corrected chi connectivity index (χ3v) is 4.06. The van der Waals surface area contributed by atoms with Crippen LogP contribution in [0.4, 0.5) is 10.1 Å². The van der Waals surface area contributed by atoms with Gasteiger partial charge in [-0.05, 0) is 19.9 Å². The summed E-state index contributed by atoms with van der Waals surface area (Å²) >= 11 is 0. The molecule has 112 valence electrons. The van der Waals surface area contributed by atoms with Crippen molar-refractivity contribution in [1.82, 2.24) is 14.9 Å². The molecule has 21 heavy (non-hydrogen) atoms. The lowest BCUT2D eigenvalue weighted by Gasteiger charge is -2.34. The molecule has 2 aromatic rings. The zero-order valence-corrected chi connectivity index (χ0v) is 11.8. The molecule has 3 N–H and O–H groups in total. The van der Waals surface area contributed by atoms with Gasteiger partial charge in [0, 0.05) is 25.2 Å². The van der Waals surface area contributed by atoms with E-state index in [1.165, 1.54) is 23.0 Å². The number of nitrogens with zero attached hydrogens (tertiary/aromatic N) is 3. The van der Waals surface area contributed by atoms with Crippen LogP contribution < -0.4 is 16.0 Å². The van der Waals surface area contributed by atoms with E-state index in [1.54, 1.807) is 0 Å². The number of carbonyl (C=O) groups excluding carboxylic acids is 1. The molecular weight excluding hydrogens is 273 g/mol. The van der Waals surface area contributed by atoms with Gasteiger partial charge in [0.05, 0.1) is 29.2 Å².